The van der Waals surface area contributed by atoms with E-state index in [1.165, 1.54) is 12.4 Å². The zero-order chi connectivity index (χ0) is 18.5. The Morgan fingerprint density at radius 1 is 1.08 bits per heavy atom. The van der Waals surface area contributed by atoms with Crippen LogP contribution < -0.4 is 15.4 Å². The molecule has 0 unspecified atom stereocenters. The van der Waals surface area contributed by atoms with Crippen molar-refractivity contribution in [3.63, 3.8) is 0 Å². The average molecular weight is 369 g/mol. The second-order valence-electron chi connectivity index (χ2n) is 5.53. The maximum Gasteiger partial charge on any atom is 0.275 e. The number of aryl methyl sites for hydroxylation is 1. The van der Waals surface area contributed by atoms with Crippen LogP contribution in [0.4, 0.5) is 17.2 Å². The molecule has 0 atom stereocenters. The first-order chi connectivity index (χ1) is 12.6. The number of anilines is 3. The van der Waals surface area contributed by atoms with Gasteiger partial charge in [0.1, 0.15) is 17.3 Å². The molecule has 1 amide bonds. The minimum Gasteiger partial charge on any atom is -0.495 e. The Morgan fingerprint density at radius 2 is 1.88 bits per heavy atom. The fraction of sp³-hybridized carbons (Fsp3) is 0.105. The maximum absolute atomic E-state index is 12.3. The fourth-order valence-corrected chi connectivity index (χ4v) is 2.50. The molecule has 0 aliphatic heterocycles. The fourth-order valence-electron chi connectivity index (χ4n) is 2.33. The number of aromatic nitrogens is 2. The van der Waals surface area contributed by atoms with Gasteiger partial charge in [0.15, 0.2) is 0 Å². The van der Waals surface area contributed by atoms with Gasteiger partial charge in [0.05, 0.1) is 25.2 Å². The summed E-state index contributed by atoms with van der Waals surface area (Å²) in [6, 6.07) is 12.7. The number of carbonyl (C=O) groups excluding carboxylic acids is 1. The van der Waals surface area contributed by atoms with Crippen LogP contribution in [-0.4, -0.2) is 23.0 Å². The second kappa shape index (κ2) is 7.84. The molecule has 0 aliphatic rings. The number of nitrogens with one attached hydrogen (secondary N) is 2. The number of methoxy groups -OCH3 is 1. The van der Waals surface area contributed by atoms with Crippen molar-refractivity contribution >= 4 is 34.7 Å². The highest BCUT2D eigenvalue weighted by molar-refractivity contribution is 6.31. The molecule has 6 nitrogen and oxygen atoms in total. The van der Waals surface area contributed by atoms with E-state index in [-0.39, 0.29) is 11.6 Å². The predicted octanol–water partition coefficient (Wildman–Crippen LogP) is 4.44. The Labute approximate surface area is 156 Å². The molecule has 1 heterocycles. The molecule has 3 aromatic rings. The third-order valence-corrected chi connectivity index (χ3v) is 3.94. The number of benzene rings is 2. The van der Waals surface area contributed by atoms with E-state index in [2.05, 4.69) is 20.6 Å². The number of carbonyl (C=O) groups is 1. The summed E-state index contributed by atoms with van der Waals surface area (Å²) >= 11 is 6.01. The molecule has 7 heteroatoms. The molecule has 2 aromatic carbocycles. The number of hydrogen-bond donors (Lipinski definition) is 2. The first-order valence-corrected chi connectivity index (χ1v) is 8.24. The van der Waals surface area contributed by atoms with E-state index in [1.54, 1.807) is 25.3 Å². The van der Waals surface area contributed by atoms with Crippen molar-refractivity contribution in [3.8, 4) is 5.75 Å². The summed E-state index contributed by atoms with van der Waals surface area (Å²) in [6.07, 6.45) is 2.89. The van der Waals surface area contributed by atoms with Crippen molar-refractivity contribution in [1.29, 1.82) is 0 Å². The standard InChI is InChI=1S/C19H17ClN4O2/c1-12-5-3-4-6-14(12)24-19(25)16-10-22-18(11-21-16)23-15-9-13(20)7-8-17(15)26-2/h3-11H,1-2H3,(H,22,23)(H,24,25). The lowest BCUT2D eigenvalue weighted by Crippen LogP contribution is -2.15. The molecule has 3 rings (SSSR count). The number of halogens is 1. The van der Waals surface area contributed by atoms with E-state index < -0.39 is 0 Å². The Bertz CT molecular complexity index is 929. The highest BCUT2D eigenvalue weighted by Gasteiger charge is 2.11. The molecular weight excluding hydrogens is 352 g/mol. The third-order valence-electron chi connectivity index (χ3n) is 3.70. The number of amides is 1. The molecule has 0 bridgehead atoms. The van der Waals surface area contributed by atoms with Gasteiger partial charge in [-0.05, 0) is 36.8 Å². The molecule has 0 saturated heterocycles. The monoisotopic (exact) mass is 368 g/mol. The van der Waals surface area contributed by atoms with E-state index in [4.69, 9.17) is 16.3 Å². The van der Waals surface area contributed by atoms with Gasteiger partial charge < -0.3 is 15.4 Å². The SMILES string of the molecule is COc1ccc(Cl)cc1Nc1cnc(C(=O)Nc2ccccc2C)cn1. The lowest BCUT2D eigenvalue weighted by atomic mass is 10.2. The van der Waals surface area contributed by atoms with Crippen LogP contribution >= 0.6 is 11.6 Å². The topological polar surface area (TPSA) is 76.1 Å². The second-order valence-corrected chi connectivity index (χ2v) is 5.96. The van der Waals surface area contributed by atoms with Gasteiger partial charge in [-0.1, -0.05) is 29.8 Å². The summed E-state index contributed by atoms with van der Waals surface area (Å²) in [5.41, 5.74) is 2.59. The average Bonchev–Trinajstić information content (AvgIpc) is 2.64. The molecule has 1 aromatic heterocycles. The van der Waals surface area contributed by atoms with Gasteiger partial charge in [-0.25, -0.2) is 9.97 Å². The van der Waals surface area contributed by atoms with Crippen LogP contribution in [0.2, 0.25) is 5.02 Å². The van der Waals surface area contributed by atoms with Crippen LogP contribution in [-0.2, 0) is 0 Å². The van der Waals surface area contributed by atoms with Gasteiger partial charge in [0.25, 0.3) is 5.91 Å². The van der Waals surface area contributed by atoms with Crippen LogP contribution in [0, 0.1) is 6.92 Å². The highest BCUT2D eigenvalue weighted by Crippen LogP contribution is 2.29. The third kappa shape index (κ3) is 4.10. The number of para-hydroxylation sites is 1. The minimum atomic E-state index is -0.321. The molecule has 0 spiro atoms. The summed E-state index contributed by atoms with van der Waals surface area (Å²) in [6.45, 7) is 1.92. The smallest absolute Gasteiger partial charge is 0.275 e. The summed E-state index contributed by atoms with van der Waals surface area (Å²) < 4.78 is 5.28. The number of hydrogen-bond acceptors (Lipinski definition) is 5. The lowest BCUT2D eigenvalue weighted by molar-refractivity contribution is 0.102. The van der Waals surface area contributed by atoms with Gasteiger partial charge in [-0.3, -0.25) is 4.79 Å². The van der Waals surface area contributed by atoms with Crippen LogP contribution in [0.25, 0.3) is 0 Å². The Hall–Kier alpha value is -3.12. The Morgan fingerprint density at radius 3 is 2.58 bits per heavy atom. The zero-order valence-corrected chi connectivity index (χ0v) is 15.0. The first-order valence-electron chi connectivity index (χ1n) is 7.86. The number of nitrogens with zero attached hydrogens (tertiary/aromatic N) is 2. The van der Waals surface area contributed by atoms with Crippen LogP contribution in [0.15, 0.2) is 54.9 Å². The van der Waals surface area contributed by atoms with E-state index in [0.717, 1.165) is 11.3 Å². The minimum absolute atomic E-state index is 0.219. The summed E-state index contributed by atoms with van der Waals surface area (Å²) in [7, 11) is 1.57. The van der Waals surface area contributed by atoms with E-state index in [0.29, 0.717) is 22.3 Å². The van der Waals surface area contributed by atoms with E-state index in [9.17, 15) is 4.79 Å². The van der Waals surface area contributed by atoms with Crippen molar-refractivity contribution in [1.82, 2.24) is 9.97 Å². The first kappa shape index (κ1) is 17.7. The van der Waals surface area contributed by atoms with Gasteiger partial charge in [-0.2, -0.15) is 0 Å². The summed E-state index contributed by atoms with van der Waals surface area (Å²) in [5, 5.41) is 6.46. The maximum atomic E-state index is 12.3. The van der Waals surface area contributed by atoms with Crippen LogP contribution in [0.5, 0.6) is 5.75 Å². The molecule has 0 fully saturated rings. The van der Waals surface area contributed by atoms with E-state index in [1.807, 2.05) is 31.2 Å². The van der Waals surface area contributed by atoms with Crippen molar-refractivity contribution in [2.75, 3.05) is 17.7 Å². The van der Waals surface area contributed by atoms with Crippen molar-refractivity contribution < 1.29 is 9.53 Å². The van der Waals surface area contributed by atoms with Gasteiger partial charge >= 0.3 is 0 Å². The number of rotatable bonds is 5. The molecule has 0 radical (unpaired) electrons. The number of ether oxygens (including phenoxy) is 1. The van der Waals surface area contributed by atoms with Crippen molar-refractivity contribution in [2.45, 2.75) is 6.92 Å². The van der Waals surface area contributed by atoms with Crippen LogP contribution in [0.1, 0.15) is 16.1 Å². The normalized spacial score (nSPS) is 10.3. The molecule has 0 saturated carbocycles. The van der Waals surface area contributed by atoms with Crippen molar-refractivity contribution in [2.24, 2.45) is 0 Å². The van der Waals surface area contributed by atoms with Crippen molar-refractivity contribution in [3.05, 3.63) is 71.1 Å². The lowest BCUT2D eigenvalue weighted by Gasteiger charge is -2.11. The van der Waals surface area contributed by atoms with Gasteiger partial charge in [0.2, 0.25) is 0 Å². The highest BCUT2D eigenvalue weighted by atomic mass is 35.5. The zero-order valence-electron chi connectivity index (χ0n) is 14.3. The molecule has 2 N–H and O–H groups in total. The predicted molar refractivity (Wildman–Crippen MR) is 102 cm³/mol. The van der Waals surface area contributed by atoms with E-state index >= 15 is 0 Å². The van der Waals surface area contributed by atoms with Crippen LogP contribution in [0.3, 0.4) is 0 Å². The largest absolute Gasteiger partial charge is 0.495 e. The molecule has 0 aliphatic carbocycles. The summed E-state index contributed by atoms with van der Waals surface area (Å²) in [4.78, 5) is 20.7. The summed E-state index contributed by atoms with van der Waals surface area (Å²) in [5.74, 6) is 0.772. The quantitative estimate of drug-likeness (QED) is 0.696. The van der Waals surface area contributed by atoms with Gasteiger partial charge in [-0.15, -0.1) is 0 Å². The molecular formula is C19H17ClN4O2. The Kier molecular flexibility index (Phi) is 5.34. The van der Waals surface area contributed by atoms with Gasteiger partial charge in [0, 0.05) is 10.7 Å². The molecule has 26 heavy (non-hydrogen) atoms. The Balaban J connectivity index is 1.73. The molecule has 132 valence electrons.